The topological polar surface area (TPSA) is 126 Å². The average molecular weight is 572 g/mol. The van der Waals surface area contributed by atoms with Crippen molar-refractivity contribution in [2.45, 2.75) is 84.4 Å². The number of nitrogens with zero attached hydrogens (tertiary/aromatic N) is 2. The fourth-order valence-electron chi connectivity index (χ4n) is 5.02. The second-order valence-corrected chi connectivity index (χ2v) is 12.0. The van der Waals surface area contributed by atoms with Crippen LogP contribution in [-0.4, -0.2) is 57.9 Å². The van der Waals surface area contributed by atoms with Crippen LogP contribution >= 0.6 is 11.3 Å². The lowest BCUT2D eigenvalue weighted by molar-refractivity contribution is -0.149. The zero-order valence-corrected chi connectivity index (χ0v) is 24.8. The van der Waals surface area contributed by atoms with Crippen molar-refractivity contribution in [1.82, 2.24) is 15.2 Å². The highest BCUT2D eigenvalue weighted by molar-refractivity contribution is 7.09. The second-order valence-electron chi connectivity index (χ2n) is 11.1. The van der Waals surface area contributed by atoms with Crippen molar-refractivity contribution in [3.63, 3.8) is 0 Å². The Morgan fingerprint density at radius 2 is 1.80 bits per heavy atom. The Labute approximate surface area is 240 Å². The number of carboxylic acid groups (broad SMARTS) is 1. The van der Waals surface area contributed by atoms with Crippen LogP contribution in [0.4, 0.5) is 0 Å². The van der Waals surface area contributed by atoms with Gasteiger partial charge in [0.25, 0.3) is 5.91 Å². The molecule has 10 heteroatoms. The minimum absolute atomic E-state index is 0.0567. The van der Waals surface area contributed by atoms with E-state index in [0.717, 1.165) is 24.8 Å². The molecule has 0 aliphatic heterocycles. The number of rotatable bonds is 14. The molecule has 1 aliphatic rings. The van der Waals surface area contributed by atoms with Crippen molar-refractivity contribution >= 4 is 35.1 Å². The number of amides is 2. The number of hydrogen-bond donors (Lipinski definition) is 2. The van der Waals surface area contributed by atoms with Gasteiger partial charge in [0, 0.05) is 43.8 Å². The monoisotopic (exact) mass is 571 g/mol. The number of carboxylic acids is 1. The van der Waals surface area contributed by atoms with Gasteiger partial charge in [-0.3, -0.25) is 19.2 Å². The summed E-state index contributed by atoms with van der Waals surface area (Å²) in [6.07, 6.45) is 3.28. The van der Waals surface area contributed by atoms with E-state index in [1.165, 1.54) is 18.3 Å². The summed E-state index contributed by atoms with van der Waals surface area (Å²) in [5, 5.41) is 14.5. The molecule has 1 fully saturated rings. The smallest absolute Gasteiger partial charge is 0.306 e. The van der Waals surface area contributed by atoms with Gasteiger partial charge < -0.3 is 20.1 Å². The molecule has 0 saturated heterocycles. The van der Waals surface area contributed by atoms with Crippen molar-refractivity contribution in [1.29, 1.82) is 0 Å². The van der Waals surface area contributed by atoms with E-state index < -0.39 is 35.9 Å². The molecule has 3 rings (SSSR count). The quantitative estimate of drug-likeness (QED) is 0.310. The Balaban J connectivity index is 1.76. The summed E-state index contributed by atoms with van der Waals surface area (Å²) in [5.74, 6) is -2.15. The third-order valence-electron chi connectivity index (χ3n) is 7.58. The lowest BCUT2D eigenvalue weighted by Gasteiger charge is -2.37. The summed E-state index contributed by atoms with van der Waals surface area (Å²) >= 11 is 1.23. The molecule has 0 bridgehead atoms. The largest absolute Gasteiger partial charge is 0.481 e. The normalized spacial score (nSPS) is 16.4. The minimum atomic E-state index is -0.923. The number of ether oxygens (including phenoxy) is 1. The lowest BCUT2D eigenvalue weighted by Crippen LogP contribution is -2.45. The van der Waals surface area contributed by atoms with Crippen molar-refractivity contribution in [2.24, 2.45) is 17.8 Å². The van der Waals surface area contributed by atoms with Crippen molar-refractivity contribution < 1.29 is 29.0 Å². The van der Waals surface area contributed by atoms with Gasteiger partial charge >= 0.3 is 11.9 Å². The molecule has 4 atom stereocenters. The van der Waals surface area contributed by atoms with Crippen LogP contribution in [-0.2, 0) is 25.5 Å². The van der Waals surface area contributed by atoms with E-state index in [2.05, 4.69) is 10.3 Å². The molecule has 0 radical (unpaired) electrons. The van der Waals surface area contributed by atoms with E-state index in [1.54, 1.807) is 17.2 Å². The predicted molar refractivity (Wildman–Crippen MR) is 153 cm³/mol. The van der Waals surface area contributed by atoms with Gasteiger partial charge in [0.1, 0.15) is 10.7 Å². The molecule has 9 nitrogen and oxygen atoms in total. The molecule has 1 aromatic heterocycles. The molecule has 2 aromatic rings. The standard InChI is InChI=1S/C30H41N3O6S/c1-18(2)25(33(5)29(36)22-12-9-13-22)16-26(39-20(4)34)28-32-24(17-40-28)27(35)31-23(14-19(3)30(37)38)15-21-10-7-6-8-11-21/h6-8,10-11,17-19,22-23,25-26H,9,12-16H2,1-5H3,(H,31,35)(H,37,38). The van der Waals surface area contributed by atoms with Crippen LogP contribution in [0.2, 0.25) is 0 Å². The summed E-state index contributed by atoms with van der Waals surface area (Å²) in [6.45, 7) is 7.02. The summed E-state index contributed by atoms with van der Waals surface area (Å²) in [7, 11) is 1.81. The number of aliphatic carboxylic acids is 1. The molecule has 4 unspecified atom stereocenters. The molecule has 40 heavy (non-hydrogen) atoms. The molecule has 1 aliphatic carbocycles. The predicted octanol–water partition coefficient (Wildman–Crippen LogP) is 4.87. The first kappa shape index (κ1) is 31.3. The van der Waals surface area contributed by atoms with E-state index >= 15 is 0 Å². The van der Waals surface area contributed by atoms with Crippen LogP contribution in [0.15, 0.2) is 35.7 Å². The van der Waals surface area contributed by atoms with Crippen LogP contribution in [0.5, 0.6) is 0 Å². The Morgan fingerprint density at radius 3 is 2.35 bits per heavy atom. The number of nitrogens with one attached hydrogen (secondary N) is 1. The summed E-state index contributed by atoms with van der Waals surface area (Å²) in [4.78, 5) is 56.0. The average Bonchev–Trinajstić information content (AvgIpc) is 3.35. The van der Waals surface area contributed by atoms with Crippen LogP contribution < -0.4 is 5.32 Å². The molecule has 0 spiro atoms. The fraction of sp³-hybridized carbons (Fsp3) is 0.567. The first-order valence-electron chi connectivity index (χ1n) is 13.9. The number of esters is 1. The highest BCUT2D eigenvalue weighted by Crippen LogP contribution is 2.33. The van der Waals surface area contributed by atoms with Gasteiger partial charge in [-0.15, -0.1) is 11.3 Å². The number of carbonyl (C=O) groups excluding carboxylic acids is 3. The molecule has 2 N–H and O–H groups in total. The van der Waals surface area contributed by atoms with E-state index in [9.17, 15) is 24.3 Å². The van der Waals surface area contributed by atoms with Crippen LogP contribution in [0.1, 0.15) is 87.0 Å². The van der Waals surface area contributed by atoms with Crippen LogP contribution in [0.3, 0.4) is 0 Å². The molecular formula is C30H41N3O6S. The number of carbonyl (C=O) groups is 4. The summed E-state index contributed by atoms with van der Waals surface area (Å²) in [6, 6.07) is 8.99. The van der Waals surface area contributed by atoms with Gasteiger partial charge in [-0.05, 0) is 37.2 Å². The number of hydrogen-bond acceptors (Lipinski definition) is 7. The molecule has 1 heterocycles. The Morgan fingerprint density at radius 1 is 1.12 bits per heavy atom. The zero-order chi connectivity index (χ0) is 29.4. The number of benzene rings is 1. The fourth-order valence-corrected chi connectivity index (χ4v) is 5.86. The van der Waals surface area contributed by atoms with E-state index in [1.807, 2.05) is 51.2 Å². The van der Waals surface area contributed by atoms with E-state index in [4.69, 9.17) is 4.74 Å². The van der Waals surface area contributed by atoms with Gasteiger partial charge in [-0.1, -0.05) is 57.5 Å². The maximum absolute atomic E-state index is 13.2. The summed E-state index contributed by atoms with van der Waals surface area (Å²) in [5.41, 5.74) is 1.16. The first-order chi connectivity index (χ1) is 19.0. The molecule has 2 amide bonds. The SMILES string of the molecule is CC(=O)OC(CC(C(C)C)N(C)C(=O)C1CCC1)c1nc(C(=O)NC(Cc2ccccc2)CC(C)C(=O)O)cs1. The highest BCUT2D eigenvalue weighted by atomic mass is 32.1. The van der Waals surface area contributed by atoms with Gasteiger partial charge in [0.15, 0.2) is 6.10 Å². The highest BCUT2D eigenvalue weighted by Gasteiger charge is 2.35. The van der Waals surface area contributed by atoms with Gasteiger partial charge in [0.2, 0.25) is 5.91 Å². The lowest BCUT2D eigenvalue weighted by atomic mass is 9.83. The molecule has 1 aromatic carbocycles. The Bertz CT molecular complexity index is 1160. The van der Waals surface area contributed by atoms with Crippen LogP contribution in [0, 0.1) is 17.8 Å². The first-order valence-corrected chi connectivity index (χ1v) is 14.8. The van der Waals surface area contributed by atoms with Crippen molar-refractivity contribution in [3.05, 3.63) is 52.0 Å². The maximum atomic E-state index is 13.2. The molecular weight excluding hydrogens is 530 g/mol. The van der Waals surface area contributed by atoms with E-state index in [-0.39, 0.29) is 35.9 Å². The zero-order valence-electron chi connectivity index (χ0n) is 24.0. The molecule has 218 valence electrons. The Hall–Kier alpha value is -3.27. The third kappa shape index (κ3) is 8.61. The summed E-state index contributed by atoms with van der Waals surface area (Å²) < 4.78 is 5.65. The Kier molecular flexibility index (Phi) is 11.2. The molecule has 1 saturated carbocycles. The van der Waals surface area contributed by atoms with Crippen LogP contribution in [0.25, 0.3) is 0 Å². The van der Waals surface area contributed by atoms with Crippen molar-refractivity contribution in [2.75, 3.05) is 7.05 Å². The van der Waals surface area contributed by atoms with E-state index in [0.29, 0.717) is 17.8 Å². The van der Waals surface area contributed by atoms with Gasteiger partial charge in [-0.2, -0.15) is 0 Å². The minimum Gasteiger partial charge on any atom is -0.481 e. The maximum Gasteiger partial charge on any atom is 0.306 e. The second kappa shape index (κ2) is 14.4. The number of aromatic nitrogens is 1. The third-order valence-corrected chi connectivity index (χ3v) is 8.52. The van der Waals surface area contributed by atoms with Gasteiger partial charge in [-0.25, -0.2) is 4.98 Å². The van der Waals surface area contributed by atoms with Gasteiger partial charge in [0.05, 0.1) is 5.92 Å². The van der Waals surface area contributed by atoms with Crippen molar-refractivity contribution in [3.8, 4) is 0 Å². The number of thiazole rings is 1.